The van der Waals surface area contributed by atoms with Crippen LogP contribution in [-0.4, -0.2) is 6.36 Å². The van der Waals surface area contributed by atoms with Crippen molar-refractivity contribution in [1.82, 2.24) is 0 Å². The largest absolute Gasteiger partial charge is 0.573 e. The molecule has 0 heterocycles. The molecule has 34 heavy (non-hydrogen) atoms. The molecule has 1 aliphatic carbocycles. The van der Waals surface area contributed by atoms with Crippen molar-refractivity contribution in [1.29, 1.82) is 0 Å². The van der Waals surface area contributed by atoms with Crippen LogP contribution >= 0.6 is 0 Å². The lowest BCUT2D eigenvalue weighted by Crippen LogP contribution is -2.19. The van der Waals surface area contributed by atoms with Gasteiger partial charge in [0.05, 0.1) is 5.56 Å². The van der Waals surface area contributed by atoms with Crippen LogP contribution in [0.1, 0.15) is 35.6 Å². The second kappa shape index (κ2) is 8.77. The molecule has 178 valence electrons. The van der Waals surface area contributed by atoms with Crippen molar-refractivity contribution in [3.05, 3.63) is 87.7 Å². The van der Waals surface area contributed by atoms with E-state index in [-0.39, 0.29) is 24.0 Å². The molecule has 4 rings (SSSR count). The van der Waals surface area contributed by atoms with Crippen LogP contribution < -0.4 is 4.74 Å². The molecule has 1 aliphatic rings. The van der Waals surface area contributed by atoms with Gasteiger partial charge in [0.15, 0.2) is 11.6 Å². The van der Waals surface area contributed by atoms with Crippen LogP contribution in [-0.2, 0) is 12.8 Å². The summed E-state index contributed by atoms with van der Waals surface area (Å²) in [5.74, 6) is -8.00. The summed E-state index contributed by atoms with van der Waals surface area (Å²) >= 11 is 0. The number of hydrogen-bond donors (Lipinski definition) is 0. The summed E-state index contributed by atoms with van der Waals surface area (Å²) in [7, 11) is 0. The number of ether oxygens (including phenoxy) is 1. The van der Waals surface area contributed by atoms with Gasteiger partial charge in [-0.1, -0.05) is 25.1 Å². The molecule has 0 saturated carbocycles. The van der Waals surface area contributed by atoms with E-state index in [1.807, 2.05) is 6.92 Å². The zero-order valence-electron chi connectivity index (χ0n) is 17.6. The smallest absolute Gasteiger partial charge is 0.399 e. The standard InChI is InChI=1S/C25H16F8O/c1-2-12-3-5-16(18(26)7-12)13-4-6-17-14(8-13)9-19(27)22(23(17)30)15-10-20(28)24(21(29)11-15)34-25(31,32)33/h3,5,7-11H,2,4,6H2,1H3. The number of hydrogen-bond acceptors (Lipinski definition) is 1. The maximum atomic E-state index is 15.2. The summed E-state index contributed by atoms with van der Waals surface area (Å²) in [6.45, 7) is 1.88. The highest BCUT2D eigenvalue weighted by Crippen LogP contribution is 2.39. The van der Waals surface area contributed by atoms with Crippen molar-refractivity contribution >= 4 is 11.6 Å². The van der Waals surface area contributed by atoms with Gasteiger partial charge < -0.3 is 4.74 Å². The van der Waals surface area contributed by atoms with E-state index >= 15 is 4.39 Å². The molecular formula is C25H16F8O. The van der Waals surface area contributed by atoms with E-state index in [9.17, 15) is 30.7 Å². The van der Waals surface area contributed by atoms with Crippen molar-refractivity contribution in [3.8, 4) is 16.9 Å². The van der Waals surface area contributed by atoms with E-state index < -0.39 is 52.3 Å². The minimum Gasteiger partial charge on any atom is -0.399 e. The second-order valence-corrected chi connectivity index (χ2v) is 7.77. The SMILES string of the molecule is CCc1ccc(C2=Cc3cc(F)c(-c4cc(F)c(OC(F)(F)F)c(F)c4)c(F)c3CC2)c(F)c1. The van der Waals surface area contributed by atoms with Crippen molar-refractivity contribution in [2.24, 2.45) is 0 Å². The highest BCUT2D eigenvalue weighted by atomic mass is 19.4. The average Bonchev–Trinajstić information content (AvgIpc) is 2.75. The molecule has 0 unspecified atom stereocenters. The van der Waals surface area contributed by atoms with Gasteiger partial charge in [0, 0.05) is 5.56 Å². The molecule has 9 heteroatoms. The molecule has 0 bridgehead atoms. The molecule has 0 spiro atoms. The fourth-order valence-corrected chi connectivity index (χ4v) is 4.01. The Bertz CT molecular complexity index is 1280. The summed E-state index contributed by atoms with van der Waals surface area (Å²) in [6, 6.07) is 6.43. The van der Waals surface area contributed by atoms with Gasteiger partial charge in [0.1, 0.15) is 17.5 Å². The molecule has 3 aromatic rings. The summed E-state index contributed by atoms with van der Waals surface area (Å²) in [6.07, 6.45) is -3.00. The third-order valence-electron chi connectivity index (χ3n) is 5.62. The molecule has 0 amide bonds. The number of rotatable bonds is 4. The summed E-state index contributed by atoms with van der Waals surface area (Å²) in [5.41, 5.74) is 0.399. The van der Waals surface area contributed by atoms with Gasteiger partial charge in [-0.2, -0.15) is 0 Å². The zero-order valence-corrected chi connectivity index (χ0v) is 17.6. The van der Waals surface area contributed by atoms with E-state index in [1.54, 1.807) is 12.1 Å². The van der Waals surface area contributed by atoms with E-state index in [0.717, 1.165) is 11.6 Å². The number of fused-ring (bicyclic) bond motifs is 1. The number of halogens is 8. The van der Waals surface area contributed by atoms with Crippen LogP contribution in [0.15, 0.2) is 36.4 Å². The fourth-order valence-electron chi connectivity index (χ4n) is 4.01. The molecule has 0 radical (unpaired) electrons. The number of aryl methyl sites for hydroxylation is 1. The lowest BCUT2D eigenvalue weighted by molar-refractivity contribution is -0.276. The molecular weight excluding hydrogens is 468 g/mol. The Morgan fingerprint density at radius 1 is 0.824 bits per heavy atom. The Hall–Kier alpha value is -3.36. The van der Waals surface area contributed by atoms with Crippen molar-refractivity contribution in [2.75, 3.05) is 0 Å². The predicted octanol–water partition coefficient (Wildman–Crippen LogP) is 8.00. The first-order valence-corrected chi connectivity index (χ1v) is 10.2. The van der Waals surface area contributed by atoms with Crippen molar-refractivity contribution in [2.45, 2.75) is 32.5 Å². The van der Waals surface area contributed by atoms with Gasteiger partial charge in [-0.25, -0.2) is 22.0 Å². The number of alkyl halides is 3. The van der Waals surface area contributed by atoms with Gasteiger partial charge >= 0.3 is 6.36 Å². The first-order valence-electron chi connectivity index (χ1n) is 10.2. The topological polar surface area (TPSA) is 9.23 Å². The summed E-state index contributed by atoms with van der Waals surface area (Å²) in [4.78, 5) is 0. The van der Waals surface area contributed by atoms with Crippen LogP contribution in [0.25, 0.3) is 22.8 Å². The Balaban J connectivity index is 1.76. The minimum atomic E-state index is -5.36. The molecule has 0 atom stereocenters. The average molecular weight is 484 g/mol. The maximum absolute atomic E-state index is 15.2. The molecule has 3 aromatic carbocycles. The third kappa shape index (κ3) is 4.51. The van der Waals surface area contributed by atoms with Crippen LogP contribution in [0, 0.1) is 29.1 Å². The number of allylic oxidation sites excluding steroid dienone is 1. The zero-order chi connectivity index (χ0) is 24.8. The minimum absolute atomic E-state index is 0.0437. The summed E-state index contributed by atoms with van der Waals surface area (Å²) < 4.78 is 113. The first kappa shape index (κ1) is 23.8. The van der Waals surface area contributed by atoms with E-state index in [1.165, 1.54) is 12.1 Å². The highest BCUT2D eigenvalue weighted by Gasteiger charge is 2.34. The Labute approximate surface area is 189 Å². The Kier molecular flexibility index (Phi) is 6.14. The lowest BCUT2D eigenvalue weighted by atomic mass is 9.85. The fraction of sp³-hybridized carbons (Fsp3) is 0.200. The molecule has 0 N–H and O–H groups in total. The quantitative estimate of drug-likeness (QED) is 0.341. The molecule has 0 saturated heterocycles. The highest BCUT2D eigenvalue weighted by molar-refractivity contribution is 5.86. The van der Waals surface area contributed by atoms with Gasteiger partial charge in [-0.15, -0.1) is 13.2 Å². The first-order chi connectivity index (χ1) is 16.0. The van der Waals surface area contributed by atoms with Crippen LogP contribution in [0.2, 0.25) is 0 Å². The molecule has 0 aromatic heterocycles. The molecule has 1 nitrogen and oxygen atoms in total. The monoisotopic (exact) mass is 484 g/mol. The predicted molar refractivity (Wildman–Crippen MR) is 110 cm³/mol. The van der Waals surface area contributed by atoms with Crippen LogP contribution in [0.4, 0.5) is 35.1 Å². The Morgan fingerprint density at radius 3 is 2.09 bits per heavy atom. The van der Waals surface area contributed by atoms with Gasteiger partial charge in [-0.05, 0) is 71.4 Å². The Morgan fingerprint density at radius 2 is 1.50 bits per heavy atom. The van der Waals surface area contributed by atoms with E-state index in [0.29, 0.717) is 29.7 Å². The normalized spacial score (nSPS) is 13.5. The van der Waals surface area contributed by atoms with Crippen molar-refractivity contribution in [3.63, 3.8) is 0 Å². The van der Waals surface area contributed by atoms with E-state index in [4.69, 9.17) is 0 Å². The van der Waals surface area contributed by atoms with E-state index in [2.05, 4.69) is 4.74 Å². The summed E-state index contributed by atoms with van der Waals surface area (Å²) in [5, 5.41) is 0. The van der Waals surface area contributed by atoms with Gasteiger partial charge in [0.2, 0.25) is 5.75 Å². The lowest BCUT2D eigenvalue weighted by Gasteiger charge is -2.20. The van der Waals surface area contributed by atoms with Crippen molar-refractivity contribution < 1.29 is 39.9 Å². The molecule has 0 fully saturated rings. The third-order valence-corrected chi connectivity index (χ3v) is 5.62. The second-order valence-electron chi connectivity index (χ2n) is 7.77. The van der Waals surface area contributed by atoms with Crippen LogP contribution in [0.5, 0.6) is 5.75 Å². The van der Waals surface area contributed by atoms with Gasteiger partial charge in [0.25, 0.3) is 0 Å². The number of benzene rings is 3. The van der Waals surface area contributed by atoms with Crippen LogP contribution in [0.3, 0.4) is 0 Å². The van der Waals surface area contributed by atoms with Gasteiger partial charge in [-0.3, -0.25) is 0 Å². The maximum Gasteiger partial charge on any atom is 0.573 e. The molecule has 0 aliphatic heterocycles.